The van der Waals surface area contributed by atoms with E-state index < -0.39 is 15.9 Å². The van der Waals surface area contributed by atoms with Crippen LogP contribution in [0.3, 0.4) is 0 Å². The fourth-order valence-electron chi connectivity index (χ4n) is 1.37. The summed E-state index contributed by atoms with van der Waals surface area (Å²) in [6.07, 6.45) is 1.42. The molecular weight excluding hydrogens is 276 g/mol. The van der Waals surface area contributed by atoms with E-state index in [2.05, 4.69) is 10.2 Å². The van der Waals surface area contributed by atoms with Gasteiger partial charge in [0.05, 0.1) is 0 Å². The summed E-state index contributed by atoms with van der Waals surface area (Å²) in [7, 11) is -3.67. The molecule has 18 heavy (non-hydrogen) atoms. The number of aromatic nitrogens is 2. The molecule has 0 aromatic carbocycles. The van der Waals surface area contributed by atoms with Gasteiger partial charge in [-0.1, -0.05) is 25.2 Å². The minimum atomic E-state index is -3.67. The second kappa shape index (κ2) is 6.21. The van der Waals surface area contributed by atoms with Crippen molar-refractivity contribution in [1.82, 2.24) is 14.5 Å². The third-order valence-electron chi connectivity index (χ3n) is 2.12. The Morgan fingerprint density at radius 2 is 1.83 bits per heavy atom. The largest absolute Gasteiger partial charge is 0.363 e. The molecule has 0 radical (unpaired) electrons. The summed E-state index contributed by atoms with van der Waals surface area (Å²) in [6.45, 7) is 4.63. The van der Waals surface area contributed by atoms with E-state index in [0.29, 0.717) is 37.3 Å². The number of nitrogens with two attached hydrogens (primary N) is 1. The minimum absolute atomic E-state index is 0.0958. The Hall–Kier alpha value is -1.06. The molecule has 2 N–H and O–H groups in total. The first-order valence-electron chi connectivity index (χ1n) is 5.56. The summed E-state index contributed by atoms with van der Waals surface area (Å²) in [4.78, 5) is 10.9. The van der Waals surface area contributed by atoms with Crippen LogP contribution in [0.25, 0.3) is 0 Å². The van der Waals surface area contributed by atoms with Crippen molar-refractivity contribution in [3.63, 3.8) is 0 Å². The molecule has 0 aliphatic rings. The summed E-state index contributed by atoms with van der Waals surface area (Å²) >= 11 is 0.702. The summed E-state index contributed by atoms with van der Waals surface area (Å²) in [5.41, 5.74) is 5.02. The van der Waals surface area contributed by atoms with Crippen LogP contribution in [0.5, 0.6) is 0 Å². The summed E-state index contributed by atoms with van der Waals surface area (Å²) in [6, 6.07) is 0. The van der Waals surface area contributed by atoms with Crippen molar-refractivity contribution in [1.29, 1.82) is 0 Å². The summed E-state index contributed by atoms with van der Waals surface area (Å²) < 4.78 is 25.6. The molecule has 1 aromatic heterocycles. The lowest BCUT2D eigenvalue weighted by Gasteiger charge is -2.18. The van der Waals surface area contributed by atoms with Gasteiger partial charge in [-0.15, -0.1) is 10.2 Å². The standard InChI is InChI=1S/C9H16N4O3S2/c1-3-5-13(6-4-2)18(15,16)9-12-11-8(17-9)7(10)14/h3-6H2,1-2H3,(H2,10,14). The zero-order chi connectivity index (χ0) is 13.8. The van der Waals surface area contributed by atoms with Gasteiger partial charge in [0.25, 0.3) is 15.9 Å². The monoisotopic (exact) mass is 292 g/mol. The van der Waals surface area contributed by atoms with E-state index in [0.717, 1.165) is 0 Å². The van der Waals surface area contributed by atoms with Crippen LogP contribution >= 0.6 is 11.3 Å². The first kappa shape index (κ1) is 15.0. The quantitative estimate of drug-likeness (QED) is 0.785. The topological polar surface area (TPSA) is 106 Å². The molecule has 1 heterocycles. The van der Waals surface area contributed by atoms with Gasteiger partial charge in [-0.2, -0.15) is 4.31 Å². The smallest absolute Gasteiger partial charge is 0.279 e. The molecule has 0 aliphatic carbocycles. The molecule has 9 heteroatoms. The van der Waals surface area contributed by atoms with Crippen LogP contribution in [0.4, 0.5) is 0 Å². The van der Waals surface area contributed by atoms with Crippen molar-refractivity contribution < 1.29 is 13.2 Å². The van der Waals surface area contributed by atoms with Crippen LogP contribution < -0.4 is 5.73 Å². The van der Waals surface area contributed by atoms with E-state index in [1.807, 2.05) is 13.8 Å². The number of sulfonamides is 1. The van der Waals surface area contributed by atoms with E-state index in [1.54, 1.807) is 0 Å². The van der Waals surface area contributed by atoms with Crippen molar-refractivity contribution in [3.8, 4) is 0 Å². The van der Waals surface area contributed by atoms with Gasteiger partial charge in [-0.25, -0.2) is 8.42 Å². The van der Waals surface area contributed by atoms with E-state index in [9.17, 15) is 13.2 Å². The molecule has 0 saturated heterocycles. The highest BCUT2D eigenvalue weighted by molar-refractivity contribution is 7.91. The normalized spacial score (nSPS) is 11.9. The SMILES string of the molecule is CCCN(CCC)S(=O)(=O)c1nnc(C(N)=O)s1. The highest BCUT2D eigenvalue weighted by Crippen LogP contribution is 2.20. The third-order valence-corrected chi connectivity index (χ3v) is 5.31. The number of carbonyl (C=O) groups excluding carboxylic acids is 1. The third kappa shape index (κ3) is 3.24. The molecule has 1 aromatic rings. The van der Waals surface area contributed by atoms with Gasteiger partial charge in [-0.3, -0.25) is 4.79 Å². The summed E-state index contributed by atoms with van der Waals surface area (Å²) in [5.74, 6) is -0.772. The van der Waals surface area contributed by atoms with Gasteiger partial charge in [0.2, 0.25) is 9.35 Å². The van der Waals surface area contributed by atoms with Crippen LogP contribution in [0.2, 0.25) is 0 Å². The van der Waals surface area contributed by atoms with E-state index in [1.165, 1.54) is 4.31 Å². The average Bonchev–Trinajstić information content (AvgIpc) is 2.78. The Bertz CT molecular complexity index is 506. The Morgan fingerprint density at radius 3 is 2.22 bits per heavy atom. The molecule has 0 fully saturated rings. The van der Waals surface area contributed by atoms with Gasteiger partial charge in [0, 0.05) is 13.1 Å². The van der Waals surface area contributed by atoms with Crippen molar-refractivity contribution >= 4 is 27.3 Å². The van der Waals surface area contributed by atoms with E-state index in [4.69, 9.17) is 5.73 Å². The zero-order valence-corrected chi connectivity index (χ0v) is 11.9. The Labute approximate surface area is 110 Å². The van der Waals surface area contributed by atoms with Crippen LogP contribution in [0.15, 0.2) is 4.34 Å². The predicted molar refractivity (Wildman–Crippen MR) is 67.8 cm³/mol. The van der Waals surface area contributed by atoms with Gasteiger partial charge in [0.15, 0.2) is 0 Å². The summed E-state index contributed by atoms with van der Waals surface area (Å²) in [5, 5.41) is 6.91. The minimum Gasteiger partial charge on any atom is -0.363 e. The molecule has 0 saturated carbocycles. The lowest BCUT2D eigenvalue weighted by molar-refractivity contribution is 0.0999. The number of hydrogen-bond acceptors (Lipinski definition) is 6. The Kier molecular flexibility index (Phi) is 5.17. The lowest BCUT2D eigenvalue weighted by atomic mass is 10.4. The van der Waals surface area contributed by atoms with Crippen molar-refractivity contribution in [2.45, 2.75) is 31.0 Å². The molecule has 0 aliphatic heterocycles. The first-order chi connectivity index (χ1) is 8.43. The van der Waals surface area contributed by atoms with Crippen LogP contribution in [0, 0.1) is 0 Å². The number of nitrogens with zero attached hydrogens (tertiary/aromatic N) is 3. The second-order valence-electron chi connectivity index (χ2n) is 3.64. The highest BCUT2D eigenvalue weighted by atomic mass is 32.2. The number of carbonyl (C=O) groups is 1. The number of primary amides is 1. The average molecular weight is 292 g/mol. The molecular formula is C9H16N4O3S2. The lowest BCUT2D eigenvalue weighted by Crippen LogP contribution is -2.32. The number of rotatable bonds is 7. The van der Waals surface area contributed by atoms with Gasteiger partial charge in [-0.05, 0) is 12.8 Å². The van der Waals surface area contributed by atoms with Crippen LogP contribution in [-0.2, 0) is 10.0 Å². The van der Waals surface area contributed by atoms with E-state index in [-0.39, 0.29) is 9.35 Å². The van der Waals surface area contributed by atoms with Crippen LogP contribution in [0.1, 0.15) is 36.5 Å². The van der Waals surface area contributed by atoms with E-state index >= 15 is 0 Å². The predicted octanol–water partition coefficient (Wildman–Crippen LogP) is 0.448. The molecule has 1 rings (SSSR count). The first-order valence-corrected chi connectivity index (χ1v) is 7.82. The molecule has 7 nitrogen and oxygen atoms in total. The highest BCUT2D eigenvalue weighted by Gasteiger charge is 2.28. The maximum absolute atomic E-state index is 12.2. The van der Waals surface area contributed by atoms with Gasteiger partial charge in [0.1, 0.15) is 0 Å². The zero-order valence-electron chi connectivity index (χ0n) is 10.3. The van der Waals surface area contributed by atoms with Gasteiger partial charge >= 0.3 is 0 Å². The van der Waals surface area contributed by atoms with Gasteiger partial charge < -0.3 is 5.73 Å². The Morgan fingerprint density at radius 1 is 1.28 bits per heavy atom. The molecule has 0 atom stereocenters. The number of amides is 1. The molecule has 0 unspecified atom stereocenters. The fourth-order valence-corrected chi connectivity index (χ4v) is 3.99. The molecule has 102 valence electrons. The van der Waals surface area contributed by atoms with Crippen LogP contribution in [-0.4, -0.2) is 41.9 Å². The maximum atomic E-state index is 12.2. The van der Waals surface area contributed by atoms with Crippen molar-refractivity contribution in [3.05, 3.63) is 5.01 Å². The maximum Gasteiger partial charge on any atom is 0.279 e. The molecule has 0 spiro atoms. The second-order valence-corrected chi connectivity index (χ2v) is 6.73. The number of hydrogen-bond donors (Lipinski definition) is 1. The molecule has 0 bridgehead atoms. The Balaban J connectivity index is 3.05. The van der Waals surface area contributed by atoms with Crippen molar-refractivity contribution in [2.24, 2.45) is 5.73 Å². The molecule has 1 amide bonds. The fraction of sp³-hybridized carbons (Fsp3) is 0.667. The van der Waals surface area contributed by atoms with Crippen molar-refractivity contribution in [2.75, 3.05) is 13.1 Å².